The summed E-state index contributed by atoms with van der Waals surface area (Å²) in [5.74, 6) is -0.175. The molecule has 3 aromatic carbocycles. The van der Waals surface area contributed by atoms with Crippen molar-refractivity contribution in [3.63, 3.8) is 0 Å². The third kappa shape index (κ3) is 4.72. The second-order valence-electron chi connectivity index (χ2n) is 7.40. The average Bonchev–Trinajstić information content (AvgIpc) is 3.17. The van der Waals surface area contributed by atoms with Crippen LogP contribution in [0.2, 0.25) is 10.0 Å². The van der Waals surface area contributed by atoms with Crippen molar-refractivity contribution in [1.82, 2.24) is 25.8 Å². The molecule has 176 valence electrons. The van der Waals surface area contributed by atoms with Crippen molar-refractivity contribution < 1.29 is 9.59 Å². The van der Waals surface area contributed by atoms with Crippen LogP contribution in [0.1, 0.15) is 11.1 Å². The molecule has 1 aliphatic rings. The van der Waals surface area contributed by atoms with Crippen LogP contribution in [0.4, 0.5) is 16.6 Å². The smallest absolute Gasteiger partial charge is 0.322 e. The van der Waals surface area contributed by atoms with Crippen LogP contribution in [-0.2, 0) is 10.3 Å². The highest BCUT2D eigenvalue weighted by molar-refractivity contribution is 6.43. The Morgan fingerprint density at radius 1 is 0.771 bits per heavy atom. The zero-order chi connectivity index (χ0) is 25.0. The van der Waals surface area contributed by atoms with Crippen LogP contribution in [0.25, 0.3) is 11.3 Å². The molecule has 0 radical (unpaired) electrons. The number of imide groups is 1. The predicted octanol–water partition coefficient (Wildman–Crippen LogP) is 3.78. The average molecular weight is 508 g/mol. The molecule has 0 unspecified atom stereocenters. The summed E-state index contributed by atoms with van der Waals surface area (Å²) in [6.45, 7) is 0. The second-order valence-corrected chi connectivity index (χ2v) is 8.18. The van der Waals surface area contributed by atoms with Gasteiger partial charge in [-0.2, -0.15) is 4.98 Å². The molecule has 0 spiro atoms. The molecule has 1 aliphatic heterocycles. The summed E-state index contributed by atoms with van der Waals surface area (Å²) in [5, 5.41) is 13.3. The molecule has 4 aromatic rings. The van der Waals surface area contributed by atoms with E-state index >= 15 is 0 Å². The van der Waals surface area contributed by atoms with Gasteiger partial charge in [0.2, 0.25) is 5.95 Å². The van der Waals surface area contributed by atoms with Crippen molar-refractivity contribution in [1.29, 1.82) is 0 Å². The minimum atomic E-state index is -1.14. The number of nitrogens with zero attached hydrogens (tertiary/aromatic N) is 3. The normalized spacial score (nSPS) is 13.9. The lowest BCUT2D eigenvalue weighted by Gasteiger charge is -2.27. The van der Waals surface area contributed by atoms with E-state index in [2.05, 4.69) is 25.8 Å². The summed E-state index contributed by atoms with van der Waals surface area (Å²) in [6.07, 6.45) is 0. The molecular formula is C24H19Cl2N7O2. The van der Waals surface area contributed by atoms with Gasteiger partial charge in [-0.3, -0.25) is 10.1 Å². The molecule has 1 fully saturated rings. The van der Waals surface area contributed by atoms with Gasteiger partial charge in [0.1, 0.15) is 5.69 Å². The fraction of sp³-hybridized carbons (Fsp3) is 0.0417. The highest BCUT2D eigenvalue weighted by Gasteiger charge is 2.48. The number of carbonyl (C=O) groups is 2. The van der Waals surface area contributed by atoms with Gasteiger partial charge >= 0.3 is 6.03 Å². The van der Waals surface area contributed by atoms with Gasteiger partial charge < -0.3 is 16.8 Å². The second kappa shape index (κ2) is 9.96. The van der Waals surface area contributed by atoms with Gasteiger partial charge in [0.25, 0.3) is 5.91 Å². The Morgan fingerprint density at radius 3 is 1.89 bits per heavy atom. The SMILES string of the molecule is Nc1nnc(-c2cccc(Cl)c2Cl)c(N)n1.O=C1NC(=O)C(c2ccccc2)(c2ccccc2)N1. The number of urea groups is 1. The number of nitrogens with two attached hydrogens (primary N) is 2. The molecule has 5 rings (SSSR count). The van der Waals surface area contributed by atoms with Gasteiger partial charge in [-0.25, -0.2) is 4.79 Å². The van der Waals surface area contributed by atoms with Crippen LogP contribution in [-0.4, -0.2) is 27.1 Å². The van der Waals surface area contributed by atoms with E-state index in [1.54, 1.807) is 18.2 Å². The summed E-state index contributed by atoms with van der Waals surface area (Å²) in [6, 6.07) is 23.1. The zero-order valence-corrected chi connectivity index (χ0v) is 19.6. The molecule has 0 aliphatic carbocycles. The largest absolute Gasteiger partial charge is 0.382 e. The first-order valence-corrected chi connectivity index (χ1v) is 11.0. The summed E-state index contributed by atoms with van der Waals surface area (Å²) in [5.41, 5.74) is 12.3. The van der Waals surface area contributed by atoms with Crippen LogP contribution in [0, 0.1) is 0 Å². The van der Waals surface area contributed by atoms with Gasteiger partial charge in [0, 0.05) is 5.56 Å². The predicted molar refractivity (Wildman–Crippen MR) is 134 cm³/mol. The highest BCUT2D eigenvalue weighted by atomic mass is 35.5. The lowest BCUT2D eigenvalue weighted by molar-refractivity contribution is -0.122. The Bertz CT molecular complexity index is 1350. The quantitative estimate of drug-likeness (QED) is 0.308. The van der Waals surface area contributed by atoms with Crippen molar-refractivity contribution in [3.8, 4) is 11.3 Å². The van der Waals surface area contributed by atoms with Crippen molar-refractivity contribution in [2.24, 2.45) is 0 Å². The summed E-state index contributed by atoms with van der Waals surface area (Å²) in [4.78, 5) is 27.7. The Labute approximate surface area is 210 Å². The van der Waals surface area contributed by atoms with E-state index in [0.29, 0.717) is 21.3 Å². The van der Waals surface area contributed by atoms with E-state index in [-0.39, 0.29) is 17.7 Å². The maximum Gasteiger partial charge on any atom is 0.322 e. The van der Waals surface area contributed by atoms with E-state index in [1.165, 1.54) is 0 Å². The first-order chi connectivity index (χ1) is 16.8. The topological polar surface area (TPSA) is 149 Å². The van der Waals surface area contributed by atoms with Crippen molar-refractivity contribution in [3.05, 3.63) is 100 Å². The number of benzene rings is 3. The molecule has 0 atom stereocenters. The van der Waals surface area contributed by atoms with Crippen LogP contribution in [0.5, 0.6) is 0 Å². The standard InChI is InChI=1S/C15H12N2O2.C9H7Cl2N5/c18-13-15(17-14(19)16-13,11-7-3-1-4-8-11)12-9-5-2-6-10-12;10-5-3-1-2-4(6(5)11)7-8(12)14-9(13)16-15-7/h1-10H,(H2,16,17,18,19);1-3H,(H4,12,13,14,16). The number of nitrogen functional groups attached to an aromatic ring is 2. The third-order valence-electron chi connectivity index (χ3n) is 5.22. The molecule has 6 N–H and O–H groups in total. The molecular weight excluding hydrogens is 489 g/mol. The number of hydrogen-bond acceptors (Lipinski definition) is 7. The molecule has 35 heavy (non-hydrogen) atoms. The van der Waals surface area contributed by atoms with Crippen molar-refractivity contribution >= 4 is 46.9 Å². The number of aromatic nitrogens is 3. The summed E-state index contributed by atoms with van der Waals surface area (Å²) in [7, 11) is 0. The van der Waals surface area contributed by atoms with Crippen molar-refractivity contribution in [2.75, 3.05) is 11.5 Å². The summed E-state index contributed by atoms with van der Waals surface area (Å²) >= 11 is 11.9. The number of carbonyl (C=O) groups excluding carboxylic acids is 2. The number of nitrogens with one attached hydrogen (secondary N) is 2. The van der Waals surface area contributed by atoms with Crippen LogP contribution >= 0.6 is 23.2 Å². The molecule has 1 saturated heterocycles. The van der Waals surface area contributed by atoms with Crippen LogP contribution < -0.4 is 22.1 Å². The fourth-order valence-electron chi connectivity index (χ4n) is 3.63. The van der Waals surface area contributed by atoms with Gasteiger partial charge in [-0.05, 0) is 17.2 Å². The van der Waals surface area contributed by atoms with Crippen molar-refractivity contribution in [2.45, 2.75) is 5.54 Å². The third-order valence-corrected chi connectivity index (χ3v) is 6.04. The summed E-state index contributed by atoms with van der Waals surface area (Å²) < 4.78 is 0. The Hall–Kier alpha value is -4.21. The molecule has 0 bridgehead atoms. The van der Waals surface area contributed by atoms with E-state index in [4.69, 9.17) is 34.7 Å². The van der Waals surface area contributed by atoms with E-state index in [9.17, 15) is 9.59 Å². The molecule has 0 saturated carbocycles. The van der Waals surface area contributed by atoms with E-state index < -0.39 is 11.6 Å². The number of rotatable bonds is 3. The molecule has 3 amide bonds. The lowest BCUT2D eigenvalue weighted by Crippen LogP contribution is -2.44. The molecule has 2 heterocycles. The minimum Gasteiger partial charge on any atom is -0.382 e. The number of anilines is 2. The first-order valence-electron chi connectivity index (χ1n) is 10.3. The van der Waals surface area contributed by atoms with Crippen LogP contribution in [0.3, 0.4) is 0 Å². The maximum absolute atomic E-state index is 12.3. The molecule has 1 aromatic heterocycles. The van der Waals surface area contributed by atoms with Crippen LogP contribution in [0.15, 0.2) is 78.9 Å². The Balaban J connectivity index is 0.000000168. The highest BCUT2D eigenvalue weighted by Crippen LogP contribution is 2.34. The van der Waals surface area contributed by atoms with Gasteiger partial charge in [0.05, 0.1) is 10.0 Å². The zero-order valence-electron chi connectivity index (χ0n) is 18.1. The number of hydrogen-bond donors (Lipinski definition) is 4. The fourth-order valence-corrected chi connectivity index (χ4v) is 4.02. The maximum atomic E-state index is 12.3. The van der Waals surface area contributed by atoms with E-state index in [0.717, 1.165) is 11.1 Å². The van der Waals surface area contributed by atoms with Gasteiger partial charge in [0.15, 0.2) is 11.4 Å². The van der Waals surface area contributed by atoms with E-state index in [1.807, 2.05) is 60.7 Å². The first kappa shape index (κ1) is 23.9. The number of amides is 3. The lowest BCUT2D eigenvalue weighted by atomic mass is 9.83. The minimum absolute atomic E-state index is 0.0133. The number of halogens is 2. The molecule has 9 nitrogen and oxygen atoms in total. The van der Waals surface area contributed by atoms with Gasteiger partial charge in [-0.1, -0.05) is 96.0 Å². The Kier molecular flexibility index (Phi) is 6.81. The van der Waals surface area contributed by atoms with Gasteiger partial charge in [-0.15, -0.1) is 10.2 Å². The monoisotopic (exact) mass is 507 g/mol. The molecule has 11 heteroatoms. The Morgan fingerprint density at radius 2 is 1.37 bits per heavy atom.